The van der Waals surface area contributed by atoms with Crippen molar-refractivity contribution in [3.05, 3.63) is 85.9 Å². The summed E-state index contributed by atoms with van der Waals surface area (Å²) in [5.41, 5.74) is 1.38. The van der Waals surface area contributed by atoms with Gasteiger partial charge in [-0.2, -0.15) is 0 Å². The van der Waals surface area contributed by atoms with Gasteiger partial charge in [0, 0.05) is 52.6 Å². The Kier molecular flexibility index (Phi) is 4.48. The third-order valence-corrected chi connectivity index (χ3v) is 4.93. The maximum absolute atomic E-state index is 12.3. The summed E-state index contributed by atoms with van der Waals surface area (Å²) < 4.78 is 8.36. The zero-order valence-electron chi connectivity index (χ0n) is 14.7. The number of halogens is 1. The monoisotopic (exact) mass is 439 g/mol. The van der Waals surface area contributed by atoms with Gasteiger partial charge in [0.05, 0.1) is 4.92 Å². The summed E-state index contributed by atoms with van der Waals surface area (Å²) in [5, 5.41) is 12.0. The van der Waals surface area contributed by atoms with Crippen molar-refractivity contribution in [2.24, 2.45) is 7.05 Å². The lowest BCUT2D eigenvalue weighted by molar-refractivity contribution is -0.384. The molecule has 0 spiro atoms. The van der Waals surface area contributed by atoms with Crippen LogP contribution in [0.15, 0.2) is 70.2 Å². The van der Waals surface area contributed by atoms with Gasteiger partial charge in [0.25, 0.3) is 11.2 Å². The van der Waals surface area contributed by atoms with Gasteiger partial charge in [-0.3, -0.25) is 14.9 Å². The van der Waals surface area contributed by atoms with Gasteiger partial charge in [-0.05, 0) is 36.4 Å². The summed E-state index contributed by atoms with van der Waals surface area (Å²) in [7, 11) is 1.64. The van der Waals surface area contributed by atoms with Crippen molar-refractivity contribution in [1.82, 2.24) is 9.55 Å². The number of aromatic amines is 1. The highest BCUT2D eigenvalue weighted by Crippen LogP contribution is 2.38. The van der Waals surface area contributed by atoms with Crippen molar-refractivity contribution in [3.8, 4) is 22.6 Å². The number of rotatable bonds is 4. The van der Waals surface area contributed by atoms with E-state index in [1.165, 1.54) is 16.7 Å². The molecule has 0 bridgehead atoms. The molecule has 2 aromatic heterocycles. The van der Waals surface area contributed by atoms with Crippen molar-refractivity contribution in [2.45, 2.75) is 0 Å². The molecule has 7 nitrogen and oxygen atoms in total. The number of aromatic nitrogens is 2. The Balaban J connectivity index is 1.94. The molecule has 0 aliphatic heterocycles. The number of non-ortho nitro benzene ring substituents is 1. The average molecular weight is 440 g/mol. The Bertz CT molecular complexity index is 1260. The molecule has 8 heteroatoms. The predicted octanol–water partition coefficient (Wildman–Crippen LogP) is 5.00. The number of hydrogen-bond donors (Lipinski definition) is 1. The average Bonchev–Trinajstić information content (AvgIpc) is 3.17. The lowest BCUT2D eigenvalue weighted by Crippen LogP contribution is -2.16. The fourth-order valence-corrected chi connectivity index (χ4v) is 3.31. The first-order chi connectivity index (χ1) is 13.4. The van der Waals surface area contributed by atoms with E-state index in [4.69, 9.17) is 4.74 Å². The molecule has 0 atom stereocenters. The summed E-state index contributed by atoms with van der Waals surface area (Å²) in [6.07, 6.45) is 3.33. The van der Waals surface area contributed by atoms with Crippen LogP contribution in [0.1, 0.15) is 0 Å². The largest absolute Gasteiger partial charge is 0.457 e. The Hall–Kier alpha value is -3.39. The molecule has 0 saturated heterocycles. The predicted molar refractivity (Wildman–Crippen MR) is 110 cm³/mol. The first-order valence-electron chi connectivity index (χ1n) is 8.33. The van der Waals surface area contributed by atoms with Gasteiger partial charge < -0.3 is 14.3 Å². The van der Waals surface area contributed by atoms with Crippen molar-refractivity contribution < 1.29 is 9.66 Å². The van der Waals surface area contributed by atoms with Crippen LogP contribution in [-0.4, -0.2) is 14.5 Å². The zero-order valence-corrected chi connectivity index (χ0v) is 16.3. The SMILES string of the molecule is Cn1cc(-c2cc([N+](=O)[O-])ccc2Oc2ccc(Br)cc2)c2cc[nH]c2c1=O. The van der Waals surface area contributed by atoms with Gasteiger partial charge in [0.1, 0.15) is 17.0 Å². The standard InChI is InChI=1S/C20H14BrN3O4/c1-23-11-17(15-8-9-22-19(15)20(23)25)16-10-13(24(26)27)4-7-18(16)28-14-5-2-12(21)3-6-14/h2-11,22H,1H3. The second kappa shape index (κ2) is 6.97. The first kappa shape index (κ1) is 18.0. The van der Waals surface area contributed by atoms with Gasteiger partial charge >= 0.3 is 0 Å². The van der Waals surface area contributed by atoms with Crippen LogP contribution in [-0.2, 0) is 7.05 Å². The fraction of sp³-hybridized carbons (Fsp3) is 0.0500. The van der Waals surface area contributed by atoms with Crippen LogP contribution in [0.2, 0.25) is 0 Å². The minimum atomic E-state index is -0.455. The fourth-order valence-electron chi connectivity index (χ4n) is 3.04. The summed E-state index contributed by atoms with van der Waals surface area (Å²) in [6.45, 7) is 0. The number of ether oxygens (including phenoxy) is 1. The van der Waals surface area contributed by atoms with Crippen LogP contribution < -0.4 is 10.3 Å². The molecular weight excluding hydrogens is 426 g/mol. The van der Waals surface area contributed by atoms with Gasteiger partial charge in [-0.25, -0.2) is 0 Å². The van der Waals surface area contributed by atoms with E-state index in [0.717, 1.165) is 4.47 Å². The van der Waals surface area contributed by atoms with Crippen LogP contribution in [0.25, 0.3) is 22.0 Å². The summed E-state index contributed by atoms with van der Waals surface area (Å²) in [6, 6.07) is 13.5. The maximum Gasteiger partial charge on any atom is 0.274 e. The van der Waals surface area contributed by atoms with E-state index in [1.54, 1.807) is 43.7 Å². The second-order valence-electron chi connectivity index (χ2n) is 6.22. The van der Waals surface area contributed by atoms with E-state index in [0.29, 0.717) is 33.5 Å². The second-order valence-corrected chi connectivity index (χ2v) is 7.13. The molecule has 4 rings (SSSR count). The topological polar surface area (TPSA) is 90.2 Å². The molecule has 0 aliphatic rings. The Morgan fingerprint density at radius 3 is 2.57 bits per heavy atom. The maximum atomic E-state index is 12.3. The molecule has 1 N–H and O–H groups in total. The highest BCUT2D eigenvalue weighted by atomic mass is 79.9. The van der Waals surface area contributed by atoms with E-state index in [9.17, 15) is 14.9 Å². The first-order valence-corrected chi connectivity index (χ1v) is 9.12. The third-order valence-electron chi connectivity index (χ3n) is 4.40. The Morgan fingerprint density at radius 2 is 1.86 bits per heavy atom. The number of benzene rings is 2. The Morgan fingerprint density at radius 1 is 1.11 bits per heavy atom. The van der Waals surface area contributed by atoms with Gasteiger partial charge in [-0.15, -0.1) is 0 Å². The number of nitrogens with one attached hydrogen (secondary N) is 1. The molecule has 2 heterocycles. The highest BCUT2D eigenvalue weighted by molar-refractivity contribution is 9.10. The number of fused-ring (bicyclic) bond motifs is 1. The minimum Gasteiger partial charge on any atom is -0.457 e. The molecule has 0 unspecified atom stereocenters. The number of H-pyrrole nitrogens is 1. The molecule has 0 aliphatic carbocycles. The number of nitrogens with zero attached hydrogens (tertiary/aromatic N) is 2. The molecule has 28 heavy (non-hydrogen) atoms. The summed E-state index contributed by atoms with van der Waals surface area (Å²) in [4.78, 5) is 26.2. The van der Waals surface area contributed by atoms with Crippen LogP contribution in [0, 0.1) is 10.1 Å². The van der Waals surface area contributed by atoms with Crippen LogP contribution >= 0.6 is 15.9 Å². The quantitative estimate of drug-likeness (QED) is 0.357. The van der Waals surface area contributed by atoms with E-state index in [2.05, 4.69) is 20.9 Å². The molecule has 0 radical (unpaired) electrons. The molecule has 140 valence electrons. The minimum absolute atomic E-state index is 0.0595. The number of nitro groups is 1. The number of pyridine rings is 1. The van der Waals surface area contributed by atoms with Crippen molar-refractivity contribution in [3.63, 3.8) is 0 Å². The lowest BCUT2D eigenvalue weighted by Gasteiger charge is -2.13. The van der Waals surface area contributed by atoms with Crippen LogP contribution in [0.3, 0.4) is 0 Å². The van der Waals surface area contributed by atoms with E-state index >= 15 is 0 Å². The van der Waals surface area contributed by atoms with Crippen molar-refractivity contribution in [2.75, 3.05) is 0 Å². The number of nitro benzene ring substituents is 1. The number of aryl methyl sites for hydroxylation is 1. The van der Waals surface area contributed by atoms with Gasteiger partial charge in [-0.1, -0.05) is 15.9 Å². The van der Waals surface area contributed by atoms with E-state index in [1.807, 2.05) is 12.1 Å². The van der Waals surface area contributed by atoms with E-state index < -0.39 is 4.92 Å². The van der Waals surface area contributed by atoms with E-state index in [-0.39, 0.29) is 11.2 Å². The molecular formula is C20H14BrN3O4. The molecule has 2 aromatic carbocycles. The van der Waals surface area contributed by atoms with Gasteiger partial charge in [0.2, 0.25) is 0 Å². The molecule has 4 aromatic rings. The molecule has 0 amide bonds. The highest BCUT2D eigenvalue weighted by Gasteiger charge is 2.18. The van der Waals surface area contributed by atoms with Crippen molar-refractivity contribution >= 4 is 32.5 Å². The summed E-state index contributed by atoms with van der Waals surface area (Å²) in [5.74, 6) is 1.04. The Labute approximate surface area is 167 Å². The number of hydrogen-bond acceptors (Lipinski definition) is 4. The third kappa shape index (κ3) is 3.18. The normalized spacial score (nSPS) is 10.9. The van der Waals surface area contributed by atoms with Crippen LogP contribution in [0.4, 0.5) is 5.69 Å². The smallest absolute Gasteiger partial charge is 0.274 e. The lowest BCUT2D eigenvalue weighted by atomic mass is 10.0. The molecule has 0 fully saturated rings. The zero-order chi connectivity index (χ0) is 19.8. The summed E-state index contributed by atoms with van der Waals surface area (Å²) >= 11 is 3.38. The van der Waals surface area contributed by atoms with Gasteiger partial charge in [0.15, 0.2) is 0 Å². The molecule has 0 saturated carbocycles. The van der Waals surface area contributed by atoms with Crippen LogP contribution in [0.5, 0.6) is 11.5 Å². The van der Waals surface area contributed by atoms with Crippen molar-refractivity contribution in [1.29, 1.82) is 0 Å².